The molecule has 0 aliphatic heterocycles. The van der Waals surface area contributed by atoms with Gasteiger partial charge >= 0.3 is 0 Å². The molecule has 0 aliphatic rings. The molecule has 6 heteroatoms. The minimum atomic E-state index is -0.134. The lowest BCUT2D eigenvalue weighted by Gasteiger charge is -2.17. The Bertz CT molecular complexity index is 555. The number of aliphatic hydroxyl groups excluding tert-OH is 1. The number of aliphatic hydroxyl groups is 1. The highest BCUT2D eigenvalue weighted by atomic mass is 16.3. The normalized spacial score (nSPS) is 12.6. The molecule has 2 aromatic heterocycles. The lowest BCUT2D eigenvalue weighted by atomic mass is 10.1. The summed E-state index contributed by atoms with van der Waals surface area (Å²) in [5.74, 6) is 0.148. The highest BCUT2D eigenvalue weighted by Crippen LogP contribution is 2.23. The van der Waals surface area contributed by atoms with Crippen molar-refractivity contribution in [1.82, 2.24) is 20.1 Å². The molecule has 6 nitrogen and oxygen atoms in total. The van der Waals surface area contributed by atoms with Crippen molar-refractivity contribution in [2.75, 3.05) is 0 Å². The number of aryl methyl sites for hydroxylation is 1. The zero-order chi connectivity index (χ0) is 14.5. The standard InChI is InChI=1S/C14H20N4O2/c1-10(8-18-5-3-4-17-18)15-7-13-12(9-19)6-16-11(2)14(13)20/h3-6,10,15,19-20H,7-9H2,1-2H3. The minimum Gasteiger partial charge on any atom is -0.506 e. The van der Waals surface area contributed by atoms with Crippen molar-refractivity contribution >= 4 is 0 Å². The Morgan fingerprint density at radius 3 is 2.90 bits per heavy atom. The van der Waals surface area contributed by atoms with E-state index in [-0.39, 0.29) is 18.4 Å². The van der Waals surface area contributed by atoms with E-state index in [4.69, 9.17) is 0 Å². The Balaban J connectivity index is 2.01. The van der Waals surface area contributed by atoms with Gasteiger partial charge in [-0.2, -0.15) is 5.10 Å². The van der Waals surface area contributed by atoms with Gasteiger partial charge in [-0.05, 0) is 19.9 Å². The molecule has 2 aromatic rings. The Hall–Kier alpha value is -1.92. The monoisotopic (exact) mass is 276 g/mol. The maximum Gasteiger partial charge on any atom is 0.141 e. The molecule has 0 aliphatic carbocycles. The fourth-order valence-electron chi connectivity index (χ4n) is 2.05. The fraction of sp³-hybridized carbons (Fsp3) is 0.429. The number of hydrogen-bond donors (Lipinski definition) is 3. The van der Waals surface area contributed by atoms with Gasteiger partial charge in [0.05, 0.1) is 18.8 Å². The second kappa shape index (κ2) is 6.49. The first-order valence-electron chi connectivity index (χ1n) is 6.59. The number of nitrogens with one attached hydrogen (secondary N) is 1. The van der Waals surface area contributed by atoms with Crippen molar-refractivity contribution in [1.29, 1.82) is 0 Å². The molecule has 0 aromatic carbocycles. The van der Waals surface area contributed by atoms with Gasteiger partial charge in [0.1, 0.15) is 5.75 Å². The molecule has 0 bridgehead atoms. The third-order valence-electron chi connectivity index (χ3n) is 3.25. The first kappa shape index (κ1) is 14.5. The number of aromatic nitrogens is 3. The third kappa shape index (κ3) is 3.34. The van der Waals surface area contributed by atoms with Crippen molar-refractivity contribution < 1.29 is 10.2 Å². The van der Waals surface area contributed by atoms with Crippen LogP contribution in [-0.2, 0) is 19.7 Å². The first-order valence-corrected chi connectivity index (χ1v) is 6.59. The molecule has 3 N–H and O–H groups in total. The van der Waals surface area contributed by atoms with Crippen LogP contribution >= 0.6 is 0 Å². The summed E-state index contributed by atoms with van der Waals surface area (Å²) in [5.41, 5.74) is 1.91. The molecular formula is C14H20N4O2. The summed E-state index contributed by atoms with van der Waals surface area (Å²) in [7, 11) is 0. The first-order chi connectivity index (χ1) is 9.61. The Morgan fingerprint density at radius 2 is 2.25 bits per heavy atom. The van der Waals surface area contributed by atoms with Crippen LogP contribution in [0, 0.1) is 6.92 Å². The van der Waals surface area contributed by atoms with E-state index in [2.05, 4.69) is 15.4 Å². The van der Waals surface area contributed by atoms with Crippen LogP contribution in [-0.4, -0.2) is 31.0 Å². The highest BCUT2D eigenvalue weighted by Gasteiger charge is 2.12. The largest absolute Gasteiger partial charge is 0.506 e. The molecule has 0 spiro atoms. The van der Waals surface area contributed by atoms with Gasteiger partial charge in [-0.3, -0.25) is 9.67 Å². The molecule has 2 heterocycles. The SMILES string of the molecule is Cc1ncc(CO)c(CNC(C)Cn2cccn2)c1O. The zero-order valence-corrected chi connectivity index (χ0v) is 11.7. The second-order valence-electron chi connectivity index (χ2n) is 4.86. The summed E-state index contributed by atoms with van der Waals surface area (Å²) in [6.45, 7) is 4.88. The van der Waals surface area contributed by atoms with Crippen LogP contribution in [0.15, 0.2) is 24.7 Å². The topological polar surface area (TPSA) is 83.2 Å². The molecule has 0 radical (unpaired) electrons. The Morgan fingerprint density at radius 1 is 1.45 bits per heavy atom. The van der Waals surface area contributed by atoms with Gasteiger partial charge in [-0.1, -0.05) is 0 Å². The highest BCUT2D eigenvalue weighted by molar-refractivity contribution is 5.40. The lowest BCUT2D eigenvalue weighted by Crippen LogP contribution is -2.30. The molecule has 1 atom stereocenters. The van der Waals surface area contributed by atoms with Gasteiger partial charge in [-0.15, -0.1) is 0 Å². The van der Waals surface area contributed by atoms with E-state index < -0.39 is 0 Å². The van der Waals surface area contributed by atoms with Crippen molar-refractivity contribution in [2.24, 2.45) is 0 Å². The van der Waals surface area contributed by atoms with Crippen molar-refractivity contribution in [3.63, 3.8) is 0 Å². The average molecular weight is 276 g/mol. The van der Waals surface area contributed by atoms with Gasteiger partial charge in [0.25, 0.3) is 0 Å². The van der Waals surface area contributed by atoms with E-state index in [1.165, 1.54) is 0 Å². The predicted molar refractivity (Wildman–Crippen MR) is 75.1 cm³/mol. The Labute approximate surface area is 118 Å². The van der Waals surface area contributed by atoms with Gasteiger partial charge < -0.3 is 15.5 Å². The van der Waals surface area contributed by atoms with E-state index in [9.17, 15) is 10.2 Å². The molecule has 0 saturated heterocycles. The van der Waals surface area contributed by atoms with Gasteiger partial charge in [0, 0.05) is 42.3 Å². The van der Waals surface area contributed by atoms with Gasteiger partial charge in [0.2, 0.25) is 0 Å². The number of nitrogens with zero attached hydrogens (tertiary/aromatic N) is 3. The molecule has 1 unspecified atom stereocenters. The predicted octanol–water partition coefficient (Wildman–Crippen LogP) is 0.963. The third-order valence-corrected chi connectivity index (χ3v) is 3.25. The van der Waals surface area contributed by atoms with Crippen LogP contribution in [0.4, 0.5) is 0 Å². The summed E-state index contributed by atoms with van der Waals surface area (Å²) in [6, 6.07) is 2.07. The summed E-state index contributed by atoms with van der Waals surface area (Å²) in [6.07, 6.45) is 5.25. The number of hydrogen-bond acceptors (Lipinski definition) is 5. The van der Waals surface area contributed by atoms with E-state index in [0.717, 1.165) is 6.54 Å². The van der Waals surface area contributed by atoms with Crippen LogP contribution < -0.4 is 5.32 Å². The van der Waals surface area contributed by atoms with Gasteiger partial charge in [-0.25, -0.2) is 0 Å². The van der Waals surface area contributed by atoms with Crippen LogP contribution in [0.25, 0.3) is 0 Å². The maximum absolute atomic E-state index is 10.0. The molecule has 0 saturated carbocycles. The molecule has 0 amide bonds. The second-order valence-corrected chi connectivity index (χ2v) is 4.86. The number of rotatable bonds is 6. The van der Waals surface area contributed by atoms with E-state index in [1.54, 1.807) is 19.3 Å². The molecule has 2 rings (SSSR count). The summed E-state index contributed by atoms with van der Waals surface area (Å²) < 4.78 is 1.85. The zero-order valence-electron chi connectivity index (χ0n) is 11.7. The molecular weight excluding hydrogens is 256 g/mol. The summed E-state index contributed by atoms with van der Waals surface area (Å²) in [4.78, 5) is 4.05. The van der Waals surface area contributed by atoms with E-state index >= 15 is 0 Å². The maximum atomic E-state index is 10.0. The number of pyridine rings is 1. The van der Waals surface area contributed by atoms with Crippen molar-refractivity contribution in [2.45, 2.75) is 39.6 Å². The quantitative estimate of drug-likeness (QED) is 0.732. The van der Waals surface area contributed by atoms with Crippen molar-refractivity contribution in [3.05, 3.63) is 41.5 Å². The number of aromatic hydroxyl groups is 1. The van der Waals surface area contributed by atoms with Crippen LogP contribution in [0.3, 0.4) is 0 Å². The minimum absolute atomic E-state index is 0.134. The molecule has 20 heavy (non-hydrogen) atoms. The van der Waals surface area contributed by atoms with Gasteiger partial charge in [0.15, 0.2) is 0 Å². The summed E-state index contributed by atoms with van der Waals surface area (Å²) >= 11 is 0. The van der Waals surface area contributed by atoms with Crippen LogP contribution in [0.5, 0.6) is 5.75 Å². The Kier molecular flexibility index (Phi) is 4.70. The lowest BCUT2D eigenvalue weighted by molar-refractivity contribution is 0.278. The van der Waals surface area contributed by atoms with Crippen molar-refractivity contribution in [3.8, 4) is 5.75 Å². The van der Waals surface area contributed by atoms with E-state index in [1.807, 2.05) is 23.9 Å². The van der Waals surface area contributed by atoms with Crippen LogP contribution in [0.2, 0.25) is 0 Å². The molecule has 0 fully saturated rings. The van der Waals surface area contributed by atoms with Crippen LogP contribution in [0.1, 0.15) is 23.7 Å². The van der Waals surface area contributed by atoms with E-state index in [0.29, 0.717) is 23.4 Å². The summed E-state index contributed by atoms with van der Waals surface area (Å²) in [5, 5.41) is 26.8. The average Bonchev–Trinajstić information content (AvgIpc) is 2.93. The molecule has 108 valence electrons. The smallest absolute Gasteiger partial charge is 0.141 e. The fourth-order valence-corrected chi connectivity index (χ4v) is 2.05.